The summed E-state index contributed by atoms with van der Waals surface area (Å²) in [7, 11) is 0. The molecule has 0 aliphatic rings. The highest BCUT2D eigenvalue weighted by atomic mass is 16.3. The van der Waals surface area contributed by atoms with Crippen LogP contribution in [0.2, 0.25) is 0 Å². The molecule has 0 bridgehead atoms. The highest BCUT2D eigenvalue weighted by Crippen LogP contribution is 1.97. The van der Waals surface area contributed by atoms with Crippen LogP contribution in [0, 0.1) is 0 Å². The molecule has 0 radical (unpaired) electrons. The number of carbonyl (C=O) groups is 2. The molecule has 0 aromatic heterocycles. The third-order valence-electron chi connectivity index (χ3n) is 2.01. The van der Waals surface area contributed by atoms with Crippen molar-refractivity contribution in [3.05, 3.63) is 35.9 Å². The summed E-state index contributed by atoms with van der Waals surface area (Å²) in [5, 5.41) is 11.3. The van der Waals surface area contributed by atoms with Crippen LogP contribution in [-0.4, -0.2) is 29.8 Å². The molecular formula is C11H13NO3. The number of aliphatic hydroxyl groups is 1. The molecule has 1 aromatic rings. The van der Waals surface area contributed by atoms with Gasteiger partial charge in [-0.1, -0.05) is 30.3 Å². The number of Topliss-reactive ketones (excluding diaryl/α,β-unsaturated/α-hetero) is 1. The Morgan fingerprint density at radius 1 is 1.40 bits per heavy atom. The van der Waals surface area contributed by atoms with E-state index in [1.54, 1.807) is 0 Å². The average Bonchev–Trinajstić information content (AvgIpc) is 2.31. The molecule has 0 amide bonds. The van der Waals surface area contributed by atoms with Gasteiger partial charge in [0.2, 0.25) is 0 Å². The first-order chi connectivity index (χ1) is 7.27. The van der Waals surface area contributed by atoms with Crippen molar-refractivity contribution in [1.29, 1.82) is 0 Å². The zero-order valence-electron chi connectivity index (χ0n) is 8.22. The monoisotopic (exact) mass is 207 g/mol. The number of rotatable bonds is 6. The van der Waals surface area contributed by atoms with Gasteiger partial charge in [0.05, 0.1) is 0 Å². The molecule has 0 heterocycles. The summed E-state index contributed by atoms with van der Waals surface area (Å²) < 4.78 is 0. The molecule has 2 N–H and O–H groups in total. The molecule has 1 atom stereocenters. The van der Waals surface area contributed by atoms with E-state index in [0.717, 1.165) is 5.56 Å². The smallest absolute Gasteiger partial charge is 0.182 e. The van der Waals surface area contributed by atoms with Crippen molar-refractivity contribution in [2.45, 2.75) is 12.6 Å². The van der Waals surface area contributed by atoms with Gasteiger partial charge in [-0.15, -0.1) is 0 Å². The topological polar surface area (TPSA) is 66.4 Å². The van der Waals surface area contributed by atoms with Crippen molar-refractivity contribution in [3.8, 4) is 0 Å². The summed E-state index contributed by atoms with van der Waals surface area (Å²) in [5.41, 5.74) is 0.982. The minimum atomic E-state index is -0.921. The summed E-state index contributed by atoms with van der Waals surface area (Å²) in [5.74, 6) is -0.513. The lowest BCUT2D eigenvalue weighted by atomic mass is 10.2. The van der Waals surface area contributed by atoms with Crippen LogP contribution in [0.25, 0.3) is 0 Å². The fraction of sp³-hybridized carbons (Fsp3) is 0.273. The molecule has 4 nitrogen and oxygen atoms in total. The average molecular weight is 207 g/mol. The van der Waals surface area contributed by atoms with E-state index < -0.39 is 18.4 Å². The number of hydrogen-bond donors (Lipinski definition) is 2. The van der Waals surface area contributed by atoms with Crippen molar-refractivity contribution >= 4 is 12.1 Å². The predicted octanol–water partition coefficient (Wildman–Crippen LogP) is -0.0949. The van der Waals surface area contributed by atoms with Gasteiger partial charge in [0.25, 0.3) is 0 Å². The van der Waals surface area contributed by atoms with E-state index in [1.807, 2.05) is 30.3 Å². The van der Waals surface area contributed by atoms with Crippen LogP contribution in [0.15, 0.2) is 30.3 Å². The first kappa shape index (κ1) is 11.6. The number of benzene rings is 1. The Morgan fingerprint density at radius 3 is 2.60 bits per heavy atom. The van der Waals surface area contributed by atoms with E-state index in [4.69, 9.17) is 5.11 Å². The van der Waals surface area contributed by atoms with Crippen molar-refractivity contribution in [2.75, 3.05) is 6.61 Å². The minimum Gasteiger partial charge on any atom is -0.389 e. The number of ketones is 1. The third-order valence-corrected chi connectivity index (χ3v) is 2.01. The maximum Gasteiger partial charge on any atom is 0.182 e. The fourth-order valence-corrected chi connectivity index (χ4v) is 1.16. The van der Waals surface area contributed by atoms with E-state index in [-0.39, 0.29) is 0 Å². The number of hydrogen-bond acceptors (Lipinski definition) is 4. The standard InChI is InChI=1S/C11H13NO3/c13-7-10(11(15)8-14)12-6-9-4-2-1-3-5-9/h1-5,7,10,12,14H,6,8H2. The third kappa shape index (κ3) is 3.61. The zero-order chi connectivity index (χ0) is 11.1. The molecule has 15 heavy (non-hydrogen) atoms. The van der Waals surface area contributed by atoms with Crippen LogP contribution in [0.5, 0.6) is 0 Å². The SMILES string of the molecule is O=CC(NCc1ccccc1)C(=O)CO. The van der Waals surface area contributed by atoms with Crippen LogP contribution in [0.1, 0.15) is 5.56 Å². The van der Waals surface area contributed by atoms with Gasteiger partial charge in [-0.3, -0.25) is 10.1 Å². The van der Waals surface area contributed by atoms with Gasteiger partial charge in [-0.25, -0.2) is 0 Å². The van der Waals surface area contributed by atoms with E-state index in [2.05, 4.69) is 5.32 Å². The van der Waals surface area contributed by atoms with E-state index in [0.29, 0.717) is 12.8 Å². The van der Waals surface area contributed by atoms with Crippen LogP contribution in [-0.2, 0) is 16.1 Å². The fourth-order valence-electron chi connectivity index (χ4n) is 1.16. The Labute approximate surface area is 87.9 Å². The molecule has 0 aliphatic carbocycles. The normalized spacial score (nSPS) is 12.1. The molecule has 0 spiro atoms. The Hall–Kier alpha value is -1.52. The Balaban J connectivity index is 2.48. The molecule has 0 saturated carbocycles. The predicted molar refractivity (Wildman–Crippen MR) is 55.2 cm³/mol. The van der Waals surface area contributed by atoms with Crippen LogP contribution in [0.3, 0.4) is 0 Å². The van der Waals surface area contributed by atoms with Gasteiger partial charge in [0, 0.05) is 6.54 Å². The maximum atomic E-state index is 11.0. The van der Waals surface area contributed by atoms with Gasteiger partial charge >= 0.3 is 0 Å². The summed E-state index contributed by atoms with van der Waals surface area (Å²) in [6.45, 7) is -0.193. The highest BCUT2D eigenvalue weighted by Gasteiger charge is 2.14. The Bertz CT molecular complexity index is 324. The van der Waals surface area contributed by atoms with Crippen LogP contribution < -0.4 is 5.32 Å². The van der Waals surface area contributed by atoms with Gasteiger partial charge < -0.3 is 9.90 Å². The van der Waals surface area contributed by atoms with Crippen molar-refractivity contribution in [2.24, 2.45) is 0 Å². The first-order valence-corrected chi connectivity index (χ1v) is 4.64. The van der Waals surface area contributed by atoms with E-state index in [1.165, 1.54) is 0 Å². The first-order valence-electron chi connectivity index (χ1n) is 4.64. The van der Waals surface area contributed by atoms with Crippen molar-refractivity contribution in [3.63, 3.8) is 0 Å². The molecule has 1 aromatic carbocycles. The number of aldehydes is 1. The second-order valence-corrected chi connectivity index (χ2v) is 3.10. The second-order valence-electron chi connectivity index (χ2n) is 3.10. The molecule has 0 aliphatic heterocycles. The summed E-state index contributed by atoms with van der Waals surface area (Å²) in [6, 6.07) is 8.49. The van der Waals surface area contributed by atoms with E-state index >= 15 is 0 Å². The van der Waals surface area contributed by atoms with Gasteiger partial charge in [-0.2, -0.15) is 0 Å². The van der Waals surface area contributed by atoms with E-state index in [9.17, 15) is 9.59 Å². The molecule has 1 rings (SSSR count). The highest BCUT2D eigenvalue weighted by molar-refractivity contribution is 5.97. The van der Waals surface area contributed by atoms with Crippen LogP contribution >= 0.6 is 0 Å². The number of carbonyl (C=O) groups excluding carboxylic acids is 2. The molecule has 0 saturated heterocycles. The quantitative estimate of drug-likeness (QED) is 0.505. The number of nitrogens with one attached hydrogen (secondary N) is 1. The largest absolute Gasteiger partial charge is 0.389 e. The summed E-state index contributed by atoms with van der Waals surface area (Å²) in [4.78, 5) is 21.6. The van der Waals surface area contributed by atoms with Crippen LogP contribution in [0.4, 0.5) is 0 Å². The summed E-state index contributed by atoms with van der Waals surface area (Å²) >= 11 is 0. The molecule has 1 unspecified atom stereocenters. The molecule has 80 valence electrons. The number of aliphatic hydroxyl groups excluding tert-OH is 1. The van der Waals surface area contributed by atoms with Gasteiger partial charge in [0.1, 0.15) is 18.9 Å². The lowest BCUT2D eigenvalue weighted by molar-refractivity contribution is -0.127. The molecular weight excluding hydrogens is 194 g/mol. The molecule has 0 fully saturated rings. The molecule has 4 heteroatoms. The lowest BCUT2D eigenvalue weighted by Crippen LogP contribution is -2.39. The minimum absolute atomic E-state index is 0.427. The van der Waals surface area contributed by atoms with Gasteiger partial charge in [0.15, 0.2) is 5.78 Å². The lowest BCUT2D eigenvalue weighted by Gasteiger charge is -2.09. The summed E-state index contributed by atoms with van der Waals surface area (Å²) in [6.07, 6.45) is 0.501. The zero-order valence-corrected chi connectivity index (χ0v) is 8.22. The second kappa shape index (κ2) is 6.06. The maximum absolute atomic E-state index is 11.0. The Kier molecular flexibility index (Phi) is 4.66. The Morgan fingerprint density at radius 2 is 2.07 bits per heavy atom. The van der Waals surface area contributed by atoms with Crippen molar-refractivity contribution < 1.29 is 14.7 Å². The van der Waals surface area contributed by atoms with Gasteiger partial charge in [-0.05, 0) is 5.56 Å². The van der Waals surface area contributed by atoms with Crippen molar-refractivity contribution in [1.82, 2.24) is 5.32 Å².